The lowest BCUT2D eigenvalue weighted by Gasteiger charge is -2.23. The van der Waals surface area contributed by atoms with Crippen molar-refractivity contribution in [1.82, 2.24) is 15.2 Å². The van der Waals surface area contributed by atoms with Crippen LogP contribution < -0.4 is 5.32 Å². The molecule has 0 spiro atoms. The molecule has 0 bridgehead atoms. The maximum Gasteiger partial charge on any atom is 0.194 e. The van der Waals surface area contributed by atoms with Gasteiger partial charge < -0.3 is 5.32 Å². The second-order valence-corrected chi connectivity index (χ2v) is 6.39. The summed E-state index contributed by atoms with van der Waals surface area (Å²) in [7, 11) is 0. The van der Waals surface area contributed by atoms with Gasteiger partial charge in [-0.2, -0.15) is 5.10 Å². The summed E-state index contributed by atoms with van der Waals surface area (Å²) >= 11 is 0. The van der Waals surface area contributed by atoms with Crippen LogP contribution in [-0.2, 0) is 0 Å². The van der Waals surface area contributed by atoms with Gasteiger partial charge in [0, 0.05) is 17.8 Å². The molecular weight excluding hydrogens is 329 g/mol. The van der Waals surface area contributed by atoms with Crippen molar-refractivity contribution in [2.75, 3.05) is 5.32 Å². The molecule has 130 valence electrons. The summed E-state index contributed by atoms with van der Waals surface area (Å²) in [5, 5.41) is 11.1. The normalized spacial score (nSPS) is 15.6. The lowest BCUT2D eigenvalue weighted by Crippen LogP contribution is -2.22. The Morgan fingerprint density at radius 1 is 1.04 bits per heavy atom. The number of hydrogen-bond donors (Lipinski definition) is 2. The van der Waals surface area contributed by atoms with E-state index in [0.717, 1.165) is 25.0 Å². The van der Waals surface area contributed by atoms with Crippen LogP contribution in [0.15, 0.2) is 24.4 Å². The number of H-pyrrole nitrogens is 1. The molecule has 2 heterocycles. The van der Waals surface area contributed by atoms with E-state index in [4.69, 9.17) is 0 Å². The Bertz CT molecular complexity index is 893. The van der Waals surface area contributed by atoms with Gasteiger partial charge in [-0.15, -0.1) is 0 Å². The van der Waals surface area contributed by atoms with Crippen LogP contribution in [0.1, 0.15) is 32.1 Å². The van der Waals surface area contributed by atoms with Crippen LogP contribution in [0.3, 0.4) is 0 Å². The molecule has 0 aliphatic heterocycles. The number of halogens is 3. The molecule has 0 saturated heterocycles. The molecule has 0 atom stereocenters. The van der Waals surface area contributed by atoms with Crippen molar-refractivity contribution in [3.8, 4) is 11.3 Å². The van der Waals surface area contributed by atoms with E-state index in [1.54, 1.807) is 12.3 Å². The number of fused-ring (bicyclic) bond motifs is 1. The fourth-order valence-corrected chi connectivity index (χ4v) is 3.42. The summed E-state index contributed by atoms with van der Waals surface area (Å²) in [6.07, 6.45) is 7.35. The van der Waals surface area contributed by atoms with Crippen molar-refractivity contribution in [2.45, 2.75) is 38.1 Å². The minimum atomic E-state index is -1.48. The molecule has 7 heteroatoms. The molecule has 25 heavy (non-hydrogen) atoms. The topological polar surface area (TPSA) is 53.6 Å². The van der Waals surface area contributed by atoms with E-state index in [0.29, 0.717) is 28.5 Å². The third-order valence-electron chi connectivity index (χ3n) is 4.68. The summed E-state index contributed by atoms with van der Waals surface area (Å²) in [5.74, 6) is -3.34. The van der Waals surface area contributed by atoms with E-state index in [1.807, 2.05) is 0 Å². The van der Waals surface area contributed by atoms with Gasteiger partial charge in [0.15, 0.2) is 17.5 Å². The summed E-state index contributed by atoms with van der Waals surface area (Å²) < 4.78 is 40.5. The monoisotopic (exact) mass is 346 g/mol. The molecular formula is C18H17F3N4. The smallest absolute Gasteiger partial charge is 0.194 e. The number of aromatic nitrogens is 3. The van der Waals surface area contributed by atoms with Gasteiger partial charge in [-0.1, -0.05) is 19.3 Å². The van der Waals surface area contributed by atoms with Gasteiger partial charge in [0.2, 0.25) is 0 Å². The van der Waals surface area contributed by atoms with Crippen LogP contribution in [0.5, 0.6) is 0 Å². The summed E-state index contributed by atoms with van der Waals surface area (Å²) in [5.41, 5.74) is 1.22. The van der Waals surface area contributed by atoms with Crippen molar-refractivity contribution in [1.29, 1.82) is 0 Å². The van der Waals surface area contributed by atoms with Gasteiger partial charge in [0.25, 0.3) is 0 Å². The van der Waals surface area contributed by atoms with Gasteiger partial charge in [-0.3, -0.25) is 5.10 Å². The SMILES string of the molecule is Fc1cc(-c2n[nH]c3ccnc(NC4CCCCC4)c23)cc(F)c1F. The Kier molecular flexibility index (Phi) is 4.07. The largest absolute Gasteiger partial charge is 0.367 e. The minimum absolute atomic E-state index is 0.169. The van der Waals surface area contributed by atoms with E-state index in [9.17, 15) is 13.2 Å². The lowest BCUT2D eigenvalue weighted by atomic mass is 9.95. The summed E-state index contributed by atoms with van der Waals surface area (Å²) in [6, 6.07) is 3.96. The number of benzene rings is 1. The molecule has 1 aliphatic rings. The Morgan fingerprint density at radius 3 is 2.48 bits per heavy atom. The van der Waals surface area contributed by atoms with Crippen LogP contribution in [0.4, 0.5) is 19.0 Å². The van der Waals surface area contributed by atoms with Crippen LogP contribution in [-0.4, -0.2) is 21.2 Å². The first-order valence-corrected chi connectivity index (χ1v) is 8.38. The first kappa shape index (κ1) is 15.9. The Balaban J connectivity index is 1.80. The third-order valence-corrected chi connectivity index (χ3v) is 4.68. The van der Waals surface area contributed by atoms with Crippen molar-refractivity contribution < 1.29 is 13.2 Å². The predicted molar refractivity (Wildman–Crippen MR) is 89.7 cm³/mol. The van der Waals surface area contributed by atoms with Gasteiger partial charge in [0.05, 0.1) is 10.9 Å². The molecule has 1 aliphatic carbocycles. The first-order chi connectivity index (χ1) is 12.1. The highest BCUT2D eigenvalue weighted by molar-refractivity contribution is 6.00. The highest BCUT2D eigenvalue weighted by Gasteiger charge is 2.20. The predicted octanol–water partition coefficient (Wildman–Crippen LogP) is 4.79. The van der Waals surface area contributed by atoms with Crippen molar-refractivity contribution >= 4 is 16.7 Å². The van der Waals surface area contributed by atoms with Crippen molar-refractivity contribution in [3.05, 3.63) is 41.8 Å². The molecule has 0 radical (unpaired) electrons. The number of hydrogen-bond acceptors (Lipinski definition) is 3. The average molecular weight is 346 g/mol. The average Bonchev–Trinajstić information content (AvgIpc) is 3.05. The standard InChI is InChI=1S/C18H17F3N4/c19-12-8-10(9-13(20)16(12)21)17-15-14(24-25-17)6-7-22-18(15)23-11-4-2-1-3-5-11/h6-9,11H,1-5H2,(H,22,23)(H,24,25). The number of aromatic amines is 1. The zero-order chi connectivity index (χ0) is 17.4. The van der Waals surface area contributed by atoms with Gasteiger partial charge in [-0.05, 0) is 31.0 Å². The van der Waals surface area contributed by atoms with E-state index >= 15 is 0 Å². The second-order valence-electron chi connectivity index (χ2n) is 6.39. The second kappa shape index (κ2) is 6.38. The van der Waals surface area contributed by atoms with Gasteiger partial charge in [-0.25, -0.2) is 18.2 Å². The zero-order valence-corrected chi connectivity index (χ0v) is 13.5. The van der Waals surface area contributed by atoms with E-state index in [1.165, 1.54) is 19.3 Å². The number of rotatable bonds is 3. The fraction of sp³-hybridized carbons (Fsp3) is 0.333. The van der Waals surface area contributed by atoms with E-state index < -0.39 is 17.5 Å². The van der Waals surface area contributed by atoms with Crippen LogP contribution in [0.2, 0.25) is 0 Å². The molecule has 2 N–H and O–H groups in total. The number of anilines is 1. The van der Waals surface area contributed by atoms with E-state index in [2.05, 4.69) is 20.5 Å². The molecule has 1 aromatic carbocycles. The molecule has 1 fully saturated rings. The van der Waals surface area contributed by atoms with Crippen LogP contribution in [0.25, 0.3) is 22.2 Å². The molecule has 0 unspecified atom stereocenters. The quantitative estimate of drug-likeness (QED) is 0.671. The molecule has 1 saturated carbocycles. The summed E-state index contributed by atoms with van der Waals surface area (Å²) in [6.45, 7) is 0. The summed E-state index contributed by atoms with van der Waals surface area (Å²) in [4.78, 5) is 4.39. The highest BCUT2D eigenvalue weighted by atomic mass is 19.2. The third kappa shape index (κ3) is 2.94. The number of nitrogens with one attached hydrogen (secondary N) is 2. The molecule has 3 aromatic rings. The van der Waals surface area contributed by atoms with Crippen molar-refractivity contribution in [3.63, 3.8) is 0 Å². The Labute approximate surface area is 142 Å². The molecule has 2 aromatic heterocycles. The Hall–Kier alpha value is -2.57. The maximum atomic E-state index is 13.6. The molecule has 4 nitrogen and oxygen atoms in total. The number of nitrogens with zero attached hydrogens (tertiary/aromatic N) is 2. The first-order valence-electron chi connectivity index (χ1n) is 8.38. The zero-order valence-electron chi connectivity index (χ0n) is 13.5. The maximum absolute atomic E-state index is 13.6. The lowest BCUT2D eigenvalue weighted by molar-refractivity contribution is 0.447. The molecule has 4 rings (SSSR count). The van der Waals surface area contributed by atoms with Crippen LogP contribution >= 0.6 is 0 Å². The molecule has 0 amide bonds. The number of pyridine rings is 1. The van der Waals surface area contributed by atoms with Crippen molar-refractivity contribution in [2.24, 2.45) is 0 Å². The van der Waals surface area contributed by atoms with Crippen LogP contribution in [0, 0.1) is 17.5 Å². The van der Waals surface area contributed by atoms with Gasteiger partial charge in [0.1, 0.15) is 11.5 Å². The van der Waals surface area contributed by atoms with E-state index in [-0.39, 0.29) is 5.56 Å². The highest BCUT2D eigenvalue weighted by Crippen LogP contribution is 2.33. The van der Waals surface area contributed by atoms with Gasteiger partial charge >= 0.3 is 0 Å². The minimum Gasteiger partial charge on any atom is -0.367 e. The Morgan fingerprint density at radius 2 is 1.76 bits per heavy atom. The fourth-order valence-electron chi connectivity index (χ4n) is 3.42.